The number of carboxylic acid groups (broad SMARTS) is 2. The number of piperazine rings is 1. The molecule has 35 heavy (non-hydrogen) atoms. The Labute approximate surface area is 201 Å². The van der Waals surface area contributed by atoms with E-state index in [4.69, 9.17) is 24.5 Å². The molecule has 0 unspecified atom stereocenters. The third kappa shape index (κ3) is 7.94. The van der Waals surface area contributed by atoms with Gasteiger partial charge < -0.3 is 19.8 Å². The van der Waals surface area contributed by atoms with Gasteiger partial charge in [0, 0.05) is 38.3 Å². The van der Waals surface area contributed by atoms with E-state index in [2.05, 4.69) is 17.0 Å². The maximum atomic E-state index is 13.4. The van der Waals surface area contributed by atoms with Crippen LogP contribution in [0.1, 0.15) is 15.9 Å². The van der Waals surface area contributed by atoms with Crippen LogP contribution in [0.25, 0.3) is 0 Å². The normalized spacial score (nSPS) is 13.3. The number of hydrogen-bond donors (Lipinski definition) is 2. The van der Waals surface area contributed by atoms with Crippen LogP contribution in [0.3, 0.4) is 0 Å². The Morgan fingerprint density at radius 2 is 1.40 bits per heavy atom. The first-order chi connectivity index (χ1) is 16.8. The number of carbonyl (C=O) groups excluding carboxylic acids is 1. The number of carboxylic acids is 2. The molecule has 3 aromatic carbocycles. The molecule has 0 bridgehead atoms. The predicted molar refractivity (Wildman–Crippen MR) is 126 cm³/mol. The highest BCUT2D eigenvalue weighted by Gasteiger charge is 2.22. The first kappa shape index (κ1) is 25.4. The highest BCUT2D eigenvalue weighted by atomic mass is 19.1. The second-order valence-corrected chi connectivity index (χ2v) is 7.75. The molecule has 9 heteroatoms. The smallest absolute Gasteiger partial charge is 0.414 e. The fourth-order valence-corrected chi connectivity index (χ4v) is 3.50. The van der Waals surface area contributed by atoms with Gasteiger partial charge in [-0.25, -0.2) is 14.0 Å². The summed E-state index contributed by atoms with van der Waals surface area (Å²) in [5.74, 6) is -2.51. The first-order valence-corrected chi connectivity index (χ1v) is 10.9. The summed E-state index contributed by atoms with van der Waals surface area (Å²) >= 11 is 0. The van der Waals surface area contributed by atoms with Gasteiger partial charge in [-0.3, -0.25) is 9.69 Å². The summed E-state index contributed by atoms with van der Waals surface area (Å²) in [6.45, 7) is 3.63. The summed E-state index contributed by atoms with van der Waals surface area (Å²) in [4.78, 5) is 34.9. The quantitative estimate of drug-likeness (QED) is 0.536. The lowest BCUT2D eigenvalue weighted by atomic mass is 10.1. The Balaban J connectivity index is 0.000000509. The molecule has 0 radical (unpaired) electrons. The molecule has 1 fully saturated rings. The van der Waals surface area contributed by atoms with Gasteiger partial charge in [0.05, 0.1) is 0 Å². The van der Waals surface area contributed by atoms with Crippen molar-refractivity contribution in [2.24, 2.45) is 0 Å². The largest absolute Gasteiger partial charge is 0.473 e. The van der Waals surface area contributed by atoms with E-state index in [0.717, 1.165) is 31.1 Å². The second kappa shape index (κ2) is 12.3. The molecule has 1 aliphatic rings. The number of nitrogens with zero attached hydrogens (tertiary/aromatic N) is 2. The number of rotatable bonds is 5. The lowest BCUT2D eigenvalue weighted by Crippen LogP contribution is -2.48. The third-order valence-electron chi connectivity index (χ3n) is 5.20. The molecule has 0 atom stereocenters. The van der Waals surface area contributed by atoms with Crippen molar-refractivity contribution in [3.8, 4) is 11.5 Å². The number of amides is 1. The van der Waals surface area contributed by atoms with Crippen LogP contribution in [-0.2, 0) is 16.1 Å². The predicted octanol–water partition coefficient (Wildman–Crippen LogP) is 3.73. The van der Waals surface area contributed by atoms with Crippen LogP contribution in [0.15, 0.2) is 78.9 Å². The van der Waals surface area contributed by atoms with E-state index in [0.29, 0.717) is 18.7 Å². The van der Waals surface area contributed by atoms with Crippen molar-refractivity contribution in [1.82, 2.24) is 9.80 Å². The van der Waals surface area contributed by atoms with Gasteiger partial charge in [0.1, 0.15) is 17.3 Å². The monoisotopic (exact) mass is 480 g/mol. The first-order valence-electron chi connectivity index (χ1n) is 10.9. The molecular weight excluding hydrogens is 455 g/mol. The van der Waals surface area contributed by atoms with Gasteiger partial charge in [0.25, 0.3) is 5.91 Å². The lowest BCUT2D eigenvalue weighted by Gasteiger charge is -2.34. The van der Waals surface area contributed by atoms with Crippen molar-refractivity contribution in [3.05, 3.63) is 95.8 Å². The minimum Gasteiger partial charge on any atom is -0.473 e. The van der Waals surface area contributed by atoms with E-state index in [1.165, 1.54) is 17.7 Å². The van der Waals surface area contributed by atoms with Crippen LogP contribution in [0, 0.1) is 5.82 Å². The molecule has 0 aromatic heterocycles. The maximum Gasteiger partial charge on any atom is 0.414 e. The second-order valence-electron chi connectivity index (χ2n) is 7.75. The highest BCUT2D eigenvalue weighted by molar-refractivity contribution is 6.27. The molecule has 0 aliphatic carbocycles. The summed E-state index contributed by atoms with van der Waals surface area (Å²) in [6, 6.07) is 23.7. The van der Waals surface area contributed by atoms with Crippen LogP contribution in [0.4, 0.5) is 4.39 Å². The molecule has 1 aliphatic heterocycles. The Morgan fingerprint density at radius 1 is 0.771 bits per heavy atom. The molecule has 182 valence electrons. The van der Waals surface area contributed by atoms with Crippen molar-refractivity contribution in [3.63, 3.8) is 0 Å². The lowest BCUT2D eigenvalue weighted by molar-refractivity contribution is -0.159. The van der Waals surface area contributed by atoms with Gasteiger partial charge in [-0.05, 0) is 48.0 Å². The summed E-state index contributed by atoms with van der Waals surface area (Å²) in [6.07, 6.45) is 0. The van der Waals surface area contributed by atoms with Crippen molar-refractivity contribution >= 4 is 17.8 Å². The van der Waals surface area contributed by atoms with E-state index in [-0.39, 0.29) is 11.7 Å². The summed E-state index contributed by atoms with van der Waals surface area (Å²) in [5.41, 5.74) is 1.58. The summed E-state index contributed by atoms with van der Waals surface area (Å²) < 4.78 is 19.3. The Bertz CT molecular complexity index is 1150. The number of carbonyl (C=O) groups is 3. The standard InChI is InChI=1S/C24H23FN2O2.C2H2O4/c25-21-8-5-7-20(17-21)24(28)27-14-12-26(13-15-27)18-19-6-4-11-23(16-19)29-22-9-2-1-3-10-22;3-1(4)2(5)6/h1-11,16-17H,12-15,18H2;(H,3,4)(H,5,6). The van der Waals surface area contributed by atoms with Crippen LogP contribution >= 0.6 is 0 Å². The molecule has 1 heterocycles. The molecule has 1 amide bonds. The zero-order valence-corrected chi connectivity index (χ0v) is 18.8. The molecule has 2 N–H and O–H groups in total. The Morgan fingerprint density at radius 3 is 2.03 bits per heavy atom. The van der Waals surface area contributed by atoms with Crippen molar-refractivity contribution < 1.29 is 33.7 Å². The van der Waals surface area contributed by atoms with E-state index in [9.17, 15) is 9.18 Å². The SMILES string of the molecule is O=C(O)C(=O)O.O=C(c1cccc(F)c1)N1CCN(Cc2cccc(Oc3ccccc3)c2)CC1. The minimum absolute atomic E-state index is 0.109. The number of aliphatic carboxylic acids is 2. The molecular formula is C26H25FN2O6. The van der Waals surface area contributed by atoms with Crippen molar-refractivity contribution in [1.29, 1.82) is 0 Å². The third-order valence-corrected chi connectivity index (χ3v) is 5.20. The van der Waals surface area contributed by atoms with E-state index in [1.807, 2.05) is 42.5 Å². The van der Waals surface area contributed by atoms with Gasteiger partial charge in [-0.2, -0.15) is 0 Å². The number of hydrogen-bond acceptors (Lipinski definition) is 5. The maximum absolute atomic E-state index is 13.4. The van der Waals surface area contributed by atoms with Crippen LogP contribution in [-0.4, -0.2) is 64.0 Å². The van der Waals surface area contributed by atoms with Crippen LogP contribution < -0.4 is 4.74 Å². The Kier molecular flexibility index (Phi) is 8.91. The van der Waals surface area contributed by atoms with Crippen LogP contribution in [0.5, 0.6) is 11.5 Å². The van der Waals surface area contributed by atoms with E-state index < -0.39 is 11.9 Å². The number of benzene rings is 3. The molecule has 8 nitrogen and oxygen atoms in total. The van der Waals surface area contributed by atoms with E-state index in [1.54, 1.807) is 17.0 Å². The van der Waals surface area contributed by atoms with Crippen molar-refractivity contribution in [2.75, 3.05) is 26.2 Å². The average Bonchev–Trinajstić information content (AvgIpc) is 2.85. The number of para-hydroxylation sites is 1. The van der Waals surface area contributed by atoms with Gasteiger partial charge in [-0.1, -0.05) is 36.4 Å². The van der Waals surface area contributed by atoms with Crippen LogP contribution in [0.2, 0.25) is 0 Å². The Hall–Kier alpha value is -4.24. The molecule has 1 saturated heterocycles. The van der Waals surface area contributed by atoms with Gasteiger partial charge in [0.2, 0.25) is 0 Å². The van der Waals surface area contributed by atoms with Gasteiger partial charge in [-0.15, -0.1) is 0 Å². The number of halogens is 1. The molecule has 0 spiro atoms. The highest BCUT2D eigenvalue weighted by Crippen LogP contribution is 2.22. The summed E-state index contributed by atoms with van der Waals surface area (Å²) in [7, 11) is 0. The summed E-state index contributed by atoms with van der Waals surface area (Å²) in [5, 5.41) is 14.8. The minimum atomic E-state index is -1.82. The zero-order valence-electron chi connectivity index (χ0n) is 18.8. The fraction of sp³-hybridized carbons (Fsp3) is 0.192. The van der Waals surface area contributed by atoms with E-state index >= 15 is 0 Å². The topological polar surface area (TPSA) is 107 Å². The molecule has 0 saturated carbocycles. The van der Waals surface area contributed by atoms with Crippen molar-refractivity contribution in [2.45, 2.75) is 6.54 Å². The van der Waals surface area contributed by atoms with Gasteiger partial charge >= 0.3 is 11.9 Å². The molecule has 4 rings (SSSR count). The zero-order chi connectivity index (χ0) is 25.2. The van der Waals surface area contributed by atoms with Gasteiger partial charge in [0.15, 0.2) is 0 Å². The number of ether oxygens (including phenoxy) is 1. The average molecular weight is 480 g/mol. The fourth-order valence-electron chi connectivity index (χ4n) is 3.50. The molecule has 3 aromatic rings.